The van der Waals surface area contributed by atoms with Crippen LogP contribution in [0.1, 0.15) is 59.8 Å². The minimum absolute atomic E-state index is 0.0203. The molecule has 2 fully saturated rings. The van der Waals surface area contributed by atoms with Gasteiger partial charge >= 0.3 is 5.97 Å². The van der Waals surface area contributed by atoms with E-state index in [4.69, 9.17) is 4.74 Å². The Morgan fingerprint density at radius 1 is 1.24 bits per heavy atom. The number of hydrogen-bond donors (Lipinski definition) is 0. The number of carbonyl (C=O) groups excluding carboxylic acids is 1. The average Bonchev–Trinajstić information content (AvgIpc) is 2.81. The molecule has 0 aromatic rings. The first-order valence-electron chi connectivity index (χ1n) is 8.26. The molecule has 4 atom stereocenters. The maximum absolute atomic E-state index is 11.9. The highest BCUT2D eigenvalue weighted by molar-refractivity contribution is 5.86. The lowest BCUT2D eigenvalue weighted by Crippen LogP contribution is -2.41. The molecule has 21 heavy (non-hydrogen) atoms. The fraction of sp³-hybridized carbons (Fsp3) is 0.737. The van der Waals surface area contributed by atoms with E-state index in [0.29, 0.717) is 5.92 Å². The highest BCUT2D eigenvalue weighted by atomic mass is 16.5. The van der Waals surface area contributed by atoms with Crippen molar-refractivity contribution in [3.8, 4) is 0 Å². The quantitative estimate of drug-likeness (QED) is 0.518. The SMILES string of the molecule is C=C[C@@]1(C)CC[C@]2(C)C3=CC(=O)O[C@@H]3C(C)(C)CC[C@H]2C1. The number of esters is 1. The van der Waals surface area contributed by atoms with Crippen LogP contribution in [0.5, 0.6) is 0 Å². The van der Waals surface area contributed by atoms with Crippen molar-refractivity contribution in [2.75, 3.05) is 0 Å². The third kappa shape index (κ3) is 2.18. The zero-order valence-corrected chi connectivity index (χ0v) is 13.9. The lowest BCUT2D eigenvalue weighted by molar-refractivity contribution is -0.143. The molecule has 0 radical (unpaired) electrons. The van der Waals surface area contributed by atoms with Crippen LogP contribution >= 0.6 is 0 Å². The second-order valence-corrected chi connectivity index (χ2v) is 8.62. The molecular weight excluding hydrogens is 260 g/mol. The van der Waals surface area contributed by atoms with Gasteiger partial charge < -0.3 is 4.74 Å². The Balaban J connectivity index is 2.03. The van der Waals surface area contributed by atoms with E-state index >= 15 is 0 Å². The minimum Gasteiger partial charge on any atom is -0.454 e. The second-order valence-electron chi connectivity index (χ2n) is 8.62. The van der Waals surface area contributed by atoms with Crippen LogP contribution in [0.25, 0.3) is 0 Å². The van der Waals surface area contributed by atoms with Crippen LogP contribution in [0.2, 0.25) is 0 Å². The van der Waals surface area contributed by atoms with Gasteiger partial charge in [0.05, 0.1) is 0 Å². The van der Waals surface area contributed by atoms with Crippen LogP contribution in [0.15, 0.2) is 24.3 Å². The van der Waals surface area contributed by atoms with Crippen LogP contribution in [0.3, 0.4) is 0 Å². The maximum Gasteiger partial charge on any atom is 0.331 e. The first-order valence-corrected chi connectivity index (χ1v) is 8.26. The summed E-state index contributed by atoms with van der Waals surface area (Å²) in [5, 5.41) is 0. The van der Waals surface area contributed by atoms with Crippen LogP contribution in [-0.4, -0.2) is 12.1 Å². The predicted octanol–water partition coefficient (Wildman–Crippen LogP) is 4.66. The Labute approximate surface area is 128 Å². The van der Waals surface area contributed by atoms with Crippen molar-refractivity contribution >= 4 is 5.97 Å². The number of ether oxygens (including phenoxy) is 1. The smallest absolute Gasteiger partial charge is 0.331 e. The molecule has 0 spiro atoms. The molecule has 0 N–H and O–H groups in total. The molecular formula is C19H28O2. The second kappa shape index (κ2) is 4.47. The van der Waals surface area contributed by atoms with E-state index < -0.39 is 0 Å². The normalized spacial score (nSPS) is 45.0. The van der Waals surface area contributed by atoms with Gasteiger partial charge in [0, 0.05) is 11.5 Å². The lowest BCUT2D eigenvalue weighted by Gasteiger charge is -2.48. The number of hydrogen-bond acceptors (Lipinski definition) is 2. The average molecular weight is 288 g/mol. The fourth-order valence-electron chi connectivity index (χ4n) is 4.76. The summed E-state index contributed by atoms with van der Waals surface area (Å²) in [5.74, 6) is 0.487. The summed E-state index contributed by atoms with van der Waals surface area (Å²) in [6, 6.07) is 0. The molecule has 1 heterocycles. The molecule has 0 aromatic heterocycles. The van der Waals surface area contributed by atoms with Crippen LogP contribution in [0, 0.1) is 22.2 Å². The Hall–Kier alpha value is -1.05. The summed E-state index contributed by atoms with van der Waals surface area (Å²) in [6.45, 7) is 13.2. The van der Waals surface area contributed by atoms with Crippen molar-refractivity contribution in [2.24, 2.45) is 22.2 Å². The van der Waals surface area contributed by atoms with Gasteiger partial charge in [-0.1, -0.05) is 33.8 Å². The largest absolute Gasteiger partial charge is 0.454 e. The summed E-state index contributed by atoms with van der Waals surface area (Å²) in [7, 11) is 0. The lowest BCUT2D eigenvalue weighted by atomic mass is 9.56. The van der Waals surface area contributed by atoms with Crippen LogP contribution < -0.4 is 0 Å². The van der Waals surface area contributed by atoms with E-state index in [2.05, 4.69) is 40.3 Å². The molecule has 3 aliphatic rings. The van der Waals surface area contributed by atoms with Gasteiger partial charge in [0.15, 0.2) is 0 Å². The number of fused-ring (bicyclic) bond motifs is 3. The maximum atomic E-state index is 11.9. The van der Waals surface area contributed by atoms with E-state index in [-0.39, 0.29) is 28.3 Å². The first-order chi connectivity index (χ1) is 9.70. The topological polar surface area (TPSA) is 26.3 Å². The minimum atomic E-state index is -0.137. The monoisotopic (exact) mass is 288 g/mol. The molecule has 2 heteroatoms. The molecule has 3 rings (SSSR count). The van der Waals surface area contributed by atoms with Gasteiger partial charge in [0.25, 0.3) is 0 Å². The molecule has 0 aromatic carbocycles. The van der Waals surface area contributed by atoms with E-state index in [1.807, 2.05) is 0 Å². The van der Waals surface area contributed by atoms with E-state index in [9.17, 15) is 4.79 Å². The Bertz CT molecular complexity index is 516. The highest BCUT2D eigenvalue weighted by Crippen LogP contribution is 2.60. The molecule has 1 aliphatic heterocycles. The fourth-order valence-corrected chi connectivity index (χ4v) is 4.76. The van der Waals surface area contributed by atoms with Crippen molar-refractivity contribution in [3.63, 3.8) is 0 Å². The highest BCUT2D eigenvalue weighted by Gasteiger charge is 2.55. The molecule has 2 saturated carbocycles. The van der Waals surface area contributed by atoms with Gasteiger partial charge in [-0.3, -0.25) is 0 Å². The zero-order chi connectivity index (χ0) is 15.5. The van der Waals surface area contributed by atoms with E-state index in [1.54, 1.807) is 6.08 Å². The summed E-state index contributed by atoms with van der Waals surface area (Å²) in [6.07, 6.45) is 9.74. The summed E-state index contributed by atoms with van der Waals surface area (Å²) < 4.78 is 5.70. The Morgan fingerprint density at radius 2 is 1.95 bits per heavy atom. The third-order valence-corrected chi connectivity index (χ3v) is 6.62. The molecule has 0 bridgehead atoms. The van der Waals surface area contributed by atoms with Crippen molar-refractivity contribution in [1.29, 1.82) is 0 Å². The molecule has 116 valence electrons. The van der Waals surface area contributed by atoms with Crippen molar-refractivity contribution < 1.29 is 9.53 Å². The van der Waals surface area contributed by atoms with Crippen LogP contribution in [0.4, 0.5) is 0 Å². The standard InChI is InChI=1S/C19H28O2/c1-6-18(4)9-10-19(5)13(12-18)7-8-17(2,3)16-14(19)11-15(20)21-16/h6,11,13,16H,1,7-10,12H2,2-5H3/t13-,16-,18-,19-/m0/s1. The third-order valence-electron chi connectivity index (χ3n) is 6.62. The van der Waals surface area contributed by atoms with Gasteiger partial charge in [-0.15, -0.1) is 6.58 Å². The van der Waals surface area contributed by atoms with Crippen molar-refractivity contribution in [3.05, 3.63) is 24.3 Å². The summed E-state index contributed by atoms with van der Waals surface area (Å²) in [5.41, 5.74) is 1.68. The molecule has 0 unspecified atom stereocenters. The molecule has 0 amide bonds. The van der Waals surface area contributed by atoms with Crippen molar-refractivity contribution in [1.82, 2.24) is 0 Å². The number of rotatable bonds is 1. The Morgan fingerprint density at radius 3 is 2.62 bits per heavy atom. The van der Waals surface area contributed by atoms with Gasteiger partial charge in [0.2, 0.25) is 0 Å². The van der Waals surface area contributed by atoms with Gasteiger partial charge in [-0.25, -0.2) is 4.79 Å². The van der Waals surface area contributed by atoms with Gasteiger partial charge in [0.1, 0.15) is 6.10 Å². The number of carbonyl (C=O) groups is 1. The van der Waals surface area contributed by atoms with Gasteiger partial charge in [-0.2, -0.15) is 0 Å². The first kappa shape index (κ1) is 14.9. The zero-order valence-electron chi connectivity index (χ0n) is 13.9. The molecule has 0 saturated heterocycles. The van der Waals surface area contributed by atoms with Crippen molar-refractivity contribution in [2.45, 2.75) is 65.9 Å². The van der Waals surface area contributed by atoms with Gasteiger partial charge in [-0.05, 0) is 54.4 Å². The molecule has 2 nitrogen and oxygen atoms in total. The summed E-state index contributed by atoms with van der Waals surface area (Å²) >= 11 is 0. The van der Waals surface area contributed by atoms with Crippen LogP contribution in [-0.2, 0) is 9.53 Å². The molecule has 2 aliphatic carbocycles. The summed E-state index contributed by atoms with van der Waals surface area (Å²) in [4.78, 5) is 11.9. The van der Waals surface area contributed by atoms with E-state index in [1.165, 1.54) is 18.4 Å². The predicted molar refractivity (Wildman–Crippen MR) is 84.7 cm³/mol. The van der Waals surface area contributed by atoms with E-state index in [0.717, 1.165) is 19.3 Å². The Kier molecular flexibility index (Phi) is 3.17. The number of allylic oxidation sites excluding steroid dienone is 1.